The lowest BCUT2D eigenvalue weighted by Gasteiger charge is -2.13. The normalized spacial score (nSPS) is 10.5. The van der Waals surface area contributed by atoms with E-state index in [2.05, 4.69) is 5.32 Å². The highest BCUT2D eigenvalue weighted by molar-refractivity contribution is 5.97. The van der Waals surface area contributed by atoms with Crippen molar-refractivity contribution in [3.8, 4) is 22.8 Å². The molecule has 1 aromatic heterocycles. The highest BCUT2D eigenvalue weighted by Crippen LogP contribution is 2.28. The largest absolute Gasteiger partial charge is 0.497 e. The first-order valence-electron chi connectivity index (χ1n) is 9.72. The first-order valence-corrected chi connectivity index (χ1v) is 9.72. The van der Waals surface area contributed by atoms with Crippen molar-refractivity contribution in [3.63, 3.8) is 0 Å². The van der Waals surface area contributed by atoms with Gasteiger partial charge in [0, 0.05) is 53.8 Å². The summed E-state index contributed by atoms with van der Waals surface area (Å²) < 4.78 is 12.5. The van der Waals surface area contributed by atoms with E-state index in [0.29, 0.717) is 29.3 Å². The maximum absolute atomic E-state index is 12.6. The van der Waals surface area contributed by atoms with Gasteiger partial charge in [-0.1, -0.05) is 30.3 Å². The highest BCUT2D eigenvalue weighted by Gasteiger charge is 2.17. The van der Waals surface area contributed by atoms with E-state index in [1.54, 1.807) is 39.3 Å². The topological polar surface area (TPSA) is 69.6 Å². The molecule has 1 amide bonds. The second-order valence-electron chi connectivity index (χ2n) is 7.00. The van der Waals surface area contributed by atoms with Gasteiger partial charge in [-0.2, -0.15) is 0 Å². The van der Waals surface area contributed by atoms with Crippen LogP contribution < -0.4 is 14.8 Å². The second-order valence-corrected chi connectivity index (χ2v) is 7.00. The van der Waals surface area contributed by atoms with Crippen LogP contribution >= 0.6 is 0 Å². The van der Waals surface area contributed by atoms with Gasteiger partial charge in [0.25, 0.3) is 0 Å². The lowest BCUT2D eigenvalue weighted by molar-refractivity contribution is -0.116. The average Bonchev–Trinajstić information content (AvgIpc) is 3.09. The molecule has 0 saturated heterocycles. The Bertz CT molecular complexity index is 1030. The summed E-state index contributed by atoms with van der Waals surface area (Å²) in [6.07, 6.45) is 0.256. The third kappa shape index (κ3) is 4.71. The molecule has 0 saturated carbocycles. The molecule has 0 aliphatic heterocycles. The molecule has 0 spiro atoms. The molecule has 0 atom stereocenters. The first kappa shape index (κ1) is 21.2. The summed E-state index contributed by atoms with van der Waals surface area (Å²) in [5, 5.41) is 2.89. The Labute approximate surface area is 176 Å². The molecule has 6 nitrogen and oxygen atoms in total. The highest BCUT2D eigenvalue weighted by atomic mass is 16.5. The van der Waals surface area contributed by atoms with Crippen LogP contribution in [0.2, 0.25) is 0 Å². The second kappa shape index (κ2) is 9.31. The van der Waals surface area contributed by atoms with Crippen LogP contribution in [0, 0.1) is 6.92 Å². The number of Topliss-reactive ketones (excluding diaryl/α,β-unsaturated/α-hetero) is 1. The molecule has 0 unspecified atom stereocenters. The summed E-state index contributed by atoms with van der Waals surface area (Å²) in [5.74, 6) is 1.07. The zero-order valence-corrected chi connectivity index (χ0v) is 17.7. The van der Waals surface area contributed by atoms with Gasteiger partial charge in [0.15, 0.2) is 5.78 Å². The quantitative estimate of drug-likeness (QED) is 0.550. The van der Waals surface area contributed by atoms with Crippen molar-refractivity contribution in [2.75, 3.05) is 19.5 Å². The van der Waals surface area contributed by atoms with E-state index in [0.717, 1.165) is 17.0 Å². The number of ketones is 1. The first-order chi connectivity index (χ1) is 14.4. The SMILES string of the molecule is COc1cc(NC(=O)CCn2c(-c3ccccc3)cc(C(C)=O)c2C)cc(OC)c1. The van der Waals surface area contributed by atoms with Gasteiger partial charge < -0.3 is 19.4 Å². The lowest BCUT2D eigenvalue weighted by Crippen LogP contribution is -2.15. The van der Waals surface area contributed by atoms with Crippen molar-refractivity contribution in [1.29, 1.82) is 0 Å². The number of hydrogen-bond donors (Lipinski definition) is 1. The summed E-state index contributed by atoms with van der Waals surface area (Å²) in [5.41, 5.74) is 4.07. The summed E-state index contributed by atoms with van der Waals surface area (Å²) in [4.78, 5) is 24.7. The Balaban J connectivity index is 1.80. The molecule has 156 valence electrons. The maximum atomic E-state index is 12.6. The van der Waals surface area contributed by atoms with Crippen molar-refractivity contribution in [3.05, 3.63) is 65.9 Å². The van der Waals surface area contributed by atoms with E-state index in [1.165, 1.54) is 0 Å². The Hall–Kier alpha value is -3.54. The molecule has 1 heterocycles. The van der Waals surface area contributed by atoms with E-state index in [9.17, 15) is 9.59 Å². The molecule has 0 aliphatic rings. The molecule has 0 aliphatic carbocycles. The van der Waals surface area contributed by atoms with Crippen molar-refractivity contribution >= 4 is 17.4 Å². The number of hydrogen-bond acceptors (Lipinski definition) is 4. The summed E-state index contributed by atoms with van der Waals surface area (Å²) in [6.45, 7) is 3.93. The van der Waals surface area contributed by atoms with Crippen molar-refractivity contribution in [2.24, 2.45) is 0 Å². The minimum atomic E-state index is -0.137. The lowest BCUT2D eigenvalue weighted by atomic mass is 10.1. The Kier molecular flexibility index (Phi) is 6.57. The predicted molar refractivity (Wildman–Crippen MR) is 117 cm³/mol. The van der Waals surface area contributed by atoms with Crippen LogP contribution in [0.1, 0.15) is 29.4 Å². The molecule has 0 fully saturated rings. The number of ether oxygens (including phenoxy) is 2. The van der Waals surface area contributed by atoms with Crippen molar-refractivity contribution in [1.82, 2.24) is 4.57 Å². The Morgan fingerprint density at radius 3 is 2.17 bits per heavy atom. The minimum Gasteiger partial charge on any atom is -0.497 e. The maximum Gasteiger partial charge on any atom is 0.226 e. The number of methoxy groups -OCH3 is 2. The molecule has 6 heteroatoms. The molecule has 0 radical (unpaired) electrons. The fraction of sp³-hybridized carbons (Fsp3) is 0.250. The van der Waals surface area contributed by atoms with Gasteiger partial charge in [0.2, 0.25) is 5.91 Å². The number of carbonyl (C=O) groups is 2. The molecular weight excluding hydrogens is 380 g/mol. The zero-order valence-electron chi connectivity index (χ0n) is 17.7. The van der Waals surface area contributed by atoms with E-state index >= 15 is 0 Å². The number of aromatic nitrogens is 1. The monoisotopic (exact) mass is 406 g/mol. The molecule has 1 N–H and O–H groups in total. The molecule has 2 aromatic carbocycles. The minimum absolute atomic E-state index is 0.0105. The fourth-order valence-electron chi connectivity index (χ4n) is 3.45. The molecule has 0 bridgehead atoms. The van der Waals surface area contributed by atoms with Crippen LogP contribution in [0.5, 0.6) is 11.5 Å². The number of benzene rings is 2. The van der Waals surface area contributed by atoms with Crippen LogP contribution in [0.3, 0.4) is 0 Å². The van der Waals surface area contributed by atoms with Crippen LogP contribution in [0.4, 0.5) is 5.69 Å². The van der Waals surface area contributed by atoms with Gasteiger partial charge in [-0.05, 0) is 25.5 Å². The van der Waals surface area contributed by atoms with Crippen LogP contribution in [0.15, 0.2) is 54.6 Å². The zero-order chi connectivity index (χ0) is 21.7. The molecule has 30 heavy (non-hydrogen) atoms. The van der Waals surface area contributed by atoms with Crippen LogP contribution in [-0.2, 0) is 11.3 Å². The Morgan fingerprint density at radius 1 is 0.967 bits per heavy atom. The number of carbonyl (C=O) groups excluding carboxylic acids is 2. The molecule has 3 rings (SSSR count). The Morgan fingerprint density at radius 2 is 1.60 bits per heavy atom. The van der Waals surface area contributed by atoms with Gasteiger partial charge in [0.05, 0.1) is 14.2 Å². The predicted octanol–water partition coefficient (Wildman–Crippen LogP) is 4.71. The van der Waals surface area contributed by atoms with Crippen molar-refractivity contribution in [2.45, 2.75) is 26.8 Å². The fourth-order valence-corrected chi connectivity index (χ4v) is 3.45. The number of anilines is 1. The van der Waals surface area contributed by atoms with Gasteiger partial charge in [0.1, 0.15) is 11.5 Å². The number of amides is 1. The molecular formula is C24H26N2O4. The van der Waals surface area contributed by atoms with Crippen LogP contribution in [-0.4, -0.2) is 30.5 Å². The van der Waals surface area contributed by atoms with Gasteiger partial charge in [-0.3, -0.25) is 9.59 Å². The van der Waals surface area contributed by atoms with E-state index in [4.69, 9.17) is 9.47 Å². The average molecular weight is 406 g/mol. The summed E-state index contributed by atoms with van der Waals surface area (Å²) >= 11 is 0. The standard InChI is InChI=1S/C24H26N2O4/c1-16-22(17(2)27)15-23(18-8-6-5-7-9-18)26(16)11-10-24(28)25-19-12-20(29-3)14-21(13-19)30-4/h5-9,12-15H,10-11H2,1-4H3,(H,25,28). The number of nitrogens with zero attached hydrogens (tertiary/aromatic N) is 1. The van der Waals surface area contributed by atoms with Gasteiger partial charge in [-0.15, -0.1) is 0 Å². The number of nitrogens with one attached hydrogen (secondary N) is 1. The van der Waals surface area contributed by atoms with Crippen LogP contribution in [0.25, 0.3) is 11.3 Å². The summed E-state index contributed by atoms with van der Waals surface area (Å²) in [6, 6.07) is 17.0. The van der Waals surface area contributed by atoms with Gasteiger partial charge >= 0.3 is 0 Å². The summed E-state index contributed by atoms with van der Waals surface area (Å²) in [7, 11) is 3.12. The smallest absolute Gasteiger partial charge is 0.226 e. The third-order valence-electron chi connectivity index (χ3n) is 5.01. The van der Waals surface area contributed by atoms with E-state index in [1.807, 2.05) is 47.9 Å². The number of rotatable bonds is 8. The van der Waals surface area contributed by atoms with Gasteiger partial charge in [-0.25, -0.2) is 0 Å². The van der Waals surface area contributed by atoms with Crippen molar-refractivity contribution < 1.29 is 19.1 Å². The van der Waals surface area contributed by atoms with E-state index in [-0.39, 0.29) is 18.1 Å². The third-order valence-corrected chi connectivity index (χ3v) is 5.01. The molecule has 3 aromatic rings. The van der Waals surface area contributed by atoms with E-state index < -0.39 is 0 Å².